The van der Waals surface area contributed by atoms with Crippen molar-refractivity contribution >= 4 is 40.0 Å². The van der Waals surface area contributed by atoms with Crippen LogP contribution in [-0.4, -0.2) is 59.8 Å². The molecule has 0 saturated carbocycles. The number of rotatable bonds is 5. The Kier molecular flexibility index (Phi) is 6.97. The van der Waals surface area contributed by atoms with Crippen LogP contribution < -0.4 is 5.32 Å². The van der Waals surface area contributed by atoms with Crippen molar-refractivity contribution in [3.63, 3.8) is 0 Å². The number of anilines is 1. The molecule has 0 unspecified atom stereocenters. The molecule has 2 amide bonds. The lowest BCUT2D eigenvalue weighted by molar-refractivity contribution is -0.125. The summed E-state index contributed by atoms with van der Waals surface area (Å²) in [7, 11) is 1.85. The van der Waals surface area contributed by atoms with E-state index in [0.29, 0.717) is 26.2 Å². The molecular formula is C21H26N4O2S2. The third-order valence-corrected chi connectivity index (χ3v) is 7.21. The molecule has 6 nitrogen and oxygen atoms in total. The standard InChI is InChI=1S/C21H26N4O2S2/c1-5-18(26)24-7-6-8-25(10-9-24)20(27)16-12-17(15(3)11-14(16)2)28-19-13-23-21(22-4)29-19/h5,11-13H,1,6-10H2,2-4H3,(H,22,23). The van der Waals surface area contributed by atoms with Crippen LogP contribution >= 0.6 is 23.1 Å². The van der Waals surface area contributed by atoms with Crippen molar-refractivity contribution in [2.45, 2.75) is 29.4 Å². The molecule has 1 aliphatic heterocycles. The van der Waals surface area contributed by atoms with Gasteiger partial charge in [-0.15, -0.1) is 0 Å². The number of carbonyl (C=O) groups is 2. The lowest BCUT2D eigenvalue weighted by atomic mass is 10.0. The number of aromatic nitrogens is 1. The lowest BCUT2D eigenvalue weighted by Crippen LogP contribution is -2.37. The molecule has 29 heavy (non-hydrogen) atoms. The Labute approximate surface area is 180 Å². The van der Waals surface area contributed by atoms with Crippen LogP contribution in [0.5, 0.6) is 0 Å². The lowest BCUT2D eigenvalue weighted by Gasteiger charge is -2.23. The number of hydrogen-bond donors (Lipinski definition) is 1. The average Bonchev–Trinajstić information content (AvgIpc) is 3.02. The Morgan fingerprint density at radius 2 is 1.90 bits per heavy atom. The maximum absolute atomic E-state index is 13.3. The topological polar surface area (TPSA) is 65.5 Å². The molecule has 0 atom stereocenters. The molecule has 1 saturated heterocycles. The fourth-order valence-corrected chi connectivity index (χ4v) is 5.24. The van der Waals surface area contributed by atoms with Gasteiger partial charge in [0.05, 0.1) is 10.4 Å². The molecule has 1 aliphatic rings. The van der Waals surface area contributed by atoms with Crippen molar-refractivity contribution in [2.75, 3.05) is 38.5 Å². The molecule has 0 aliphatic carbocycles. The molecule has 1 aromatic heterocycles. The van der Waals surface area contributed by atoms with Crippen LogP contribution in [0.3, 0.4) is 0 Å². The summed E-state index contributed by atoms with van der Waals surface area (Å²) >= 11 is 3.22. The molecular weight excluding hydrogens is 404 g/mol. The van der Waals surface area contributed by atoms with Crippen molar-refractivity contribution in [1.82, 2.24) is 14.8 Å². The summed E-state index contributed by atoms with van der Waals surface area (Å²) in [6.07, 6.45) is 3.96. The quantitative estimate of drug-likeness (QED) is 0.731. The summed E-state index contributed by atoms with van der Waals surface area (Å²) in [4.78, 5) is 34.1. The predicted molar refractivity (Wildman–Crippen MR) is 119 cm³/mol. The van der Waals surface area contributed by atoms with E-state index in [9.17, 15) is 9.59 Å². The molecule has 3 rings (SSSR count). The number of nitrogens with zero attached hydrogens (tertiary/aromatic N) is 3. The van der Waals surface area contributed by atoms with Crippen LogP contribution in [0.1, 0.15) is 27.9 Å². The van der Waals surface area contributed by atoms with Gasteiger partial charge in [0, 0.05) is 43.7 Å². The molecule has 1 N–H and O–H groups in total. The zero-order chi connectivity index (χ0) is 21.0. The van der Waals surface area contributed by atoms with Gasteiger partial charge in [0.15, 0.2) is 5.13 Å². The molecule has 0 spiro atoms. The van der Waals surface area contributed by atoms with Crippen LogP contribution in [0.4, 0.5) is 5.13 Å². The van der Waals surface area contributed by atoms with Crippen LogP contribution in [0.2, 0.25) is 0 Å². The Morgan fingerprint density at radius 3 is 2.59 bits per heavy atom. The smallest absolute Gasteiger partial charge is 0.254 e. The summed E-state index contributed by atoms with van der Waals surface area (Å²) in [6, 6.07) is 4.06. The highest BCUT2D eigenvalue weighted by molar-refractivity contribution is 8.01. The molecule has 0 bridgehead atoms. The van der Waals surface area contributed by atoms with E-state index in [-0.39, 0.29) is 11.8 Å². The minimum atomic E-state index is -0.0741. The highest BCUT2D eigenvalue weighted by Gasteiger charge is 2.23. The SMILES string of the molecule is C=CC(=O)N1CCCN(C(=O)c2cc(Sc3cnc(NC)s3)c(C)cc2C)CC1. The van der Waals surface area contributed by atoms with E-state index in [0.717, 1.165) is 37.3 Å². The van der Waals surface area contributed by atoms with Gasteiger partial charge in [-0.3, -0.25) is 9.59 Å². The number of nitrogens with one attached hydrogen (secondary N) is 1. The van der Waals surface area contributed by atoms with Gasteiger partial charge < -0.3 is 15.1 Å². The first-order valence-electron chi connectivity index (χ1n) is 9.56. The van der Waals surface area contributed by atoms with Gasteiger partial charge in [-0.2, -0.15) is 0 Å². The first-order chi connectivity index (χ1) is 13.9. The fourth-order valence-electron chi connectivity index (χ4n) is 3.34. The largest absolute Gasteiger partial charge is 0.365 e. The van der Waals surface area contributed by atoms with Crippen LogP contribution in [-0.2, 0) is 4.79 Å². The predicted octanol–water partition coefficient (Wildman–Crippen LogP) is 3.81. The Balaban J connectivity index is 1.79. The third-order valence-electron chi connectivity index (χ3n) is 4.93. The van der Waals surface area contributed by atoms with Gasteiger partial charge in [0.2, 0.25) is 5.91 Å². The molecule has 1 fully saturated rings. The highest BCUT2D eigenvalue weighted by atomic mass is 32.2. The van der Waals surface area contributed by atoms with Gasteiger partial charge in [-0.25, -0.2) is 4.98 Å². The van der Waals surface area contributed by atoms with E-state index in [4.69, 9.17) is 0 Å². The monoisotopic (exact) mass is 430 g/mol. The second-order valence-electron chi connectivity index (χ2n) is 6.94. The van der Waals surface area contributed by atoms with Gasteiger partial charge in [-0.1, -0.05) is 35.7 Å². The summed E-state index contributed by atoms with van der Waals surface area (Å²) in [5.74, 6) is -0.0486. The zero-order valence-corrected chi connectivity index (χ0v) is 18.7. The summed E-state index contributed by atoms with van der Waals surface area (Å²) in [6.45, 7) is 9.98. The Bertz CT molecular complexity index is 925. The van der Waals surface area contributed by atoms with Crippen molar-refractivity contribution in [3.05, 3.63) is 47.7 Å². The first-order valence-corrected chi connectivity index (χ1v) is 11.2. The zero-order valence-electron chi connectivity index (χ0n) is 17.0. The van der Waals surface area contributed by atoms with Crippen molar-refractivity contribution in [1.29, 1.82) is 0 Å². The molecule has 0 radical (unpaired) electrons. The van der Waals surface area contributed by atoms with Gasteiger partial charge in [-0.05, 0) is 43.5 Å². The number of thiazole rings is 1. The molecule has 1 aromatic carbocycles. The summed E-state index contributed by atoms with van der Waals surface area (Å²) in [5, 5.41) is 3.92. The van der Waals surface area contributed by atoms with E-state index in [1.165, 1.54) is 6.08 Å². The van der Waals surface area contributed by atoms with Crippen molar-refractivity contribution < 1.29 is 9.59 Å². The van der Waals surface area contributed by atoms with E-state index < -0.39 is 0 Å². The second-order valence-corrected chi connectivity index (χ2v) is 9.32. The normalized spacial score (nSPS) is 14.4. The Hall–Kier alpha value is -2.32. The molecule has 8 heteroatoms. The van der Waals surface area contributed by atoms with Gasteiger partial charge in [0.25, 0.3) is 5.91 Å². The number of benzene rings is 1. The number of hydrogen-bond acceptors (Lipinski definition) is 6. The average molecular weight is 431 g/mol. The number of amides is 2. The minimum absolute atomic E-state index is 0.0254. The fraction of sp³-hybridized carbons (Fsp3) is 0.381. The van der Waals surface area contributed by atoms with Crippen molar-refractivity contribution in [3.8, 4) is 0 Å². The van der Waals surface area contributed by atoms with Gasteiger partial charge in [0.1, 0.15) is 0 Å². The molecule has 154 valence electrons. The van der Waals surface area contributed by atoms with E-state index in [2.05, 4.69) is 29.9 Å². The van der Waals surface area contributed by atoms with Crippen LogP contribution in [0.15, 0.2) is 40.1 Å². The maximum Gasteiger partial charge on any atom is 0.254 e. The molecule has 2 heterocycles. The maximum atomic E-state index is 13.3. The number of aryl methyl sites for hydroxylation is 2. The third kappa shape index (κ3) is 5.00. The van der Waals surface area contributed by atoms with E-state index >= 15 is 0 Å². The van der Waals surface area contributed by atoms with Crippen LogP contribution in [0, 0.1) is 13.8 Å². The van der Waals surface area contributed by atoms with Gasteiger partial charge >= 0.3 is 0 Å². The van der Waals surface area contributed by atoms with E-state index in [1.54, 1.807) is 28.0 Å². The first kappa shape index (κ1) is 21.4. The minimum Gasteiger partial charge on any atom is -0.365 e. The van der Waals surface area contributed by atoms with E-state index in [1.807, 2.05) is 31.1 Å². The summed E-state index contributed by atoms with van der Waals surface area (Å²) < 4.78 is 1.08. The second kappa shape index (κ2) is 9.45. The van der Waals surface area contributed by atoms with Crippen molar-refractivity contribution in [2.24, 2.45) is 0 Å². The highest BCUT2D eigenvalue weighted by Crippen LogP contribution is 2.36. The van der Waals surface area contributed by atoms with Crippen LogP contribution in [0.25, 0.3) is 0 Å². The Morgan fingerprint density at radius 1 is 1.17 bits per heavy atom. The number of carbonyl (C=O) groups excluding carboxylic acids is 2. The molecule has 2 aromatic rings. The summed E-state index contributed by atoms with van der Waals surface area (Å²) in [5.41, 5.74) is 2.84.